The molecule has 0 saturated heterocycles. The Morgan fingerprint density at radius 3 is 2.40 bits per heavy atom. The van der Waals surface area contributed by atoms with Gasteiger partial charge in [-0.25, -0.2) is 0 Å². The number of aliphatic hydroxyl groups excluding tert-OH is 1. The third-order valence-corrected chi connectivity index (χ3v) is 1.25. The second-order valence-corrected chi connectivity index (χ2v) is 2.51. The van der Waals surface area contributed by atoms with Gasteiger partial charge in [0.05, 0.1) is 6.61 Å². The fourth-order valence-corrected chi connectivity index (χ4v) is 0.815. The van der Waals surface area contributed by atoms with Gasteiger partial charge in [-0.2, -0.15) is 0 Å². The minimum Gasteiger partial charge on any atom is -0.392 e. The van der Waals surface area contributed by atoms with Crippen molar-refractivity contribution in [2.45, 2.75) is 27.2 Å². The molecule has 0 aliphatic rings. The first-order valence-electron chi connectivity index (χ1n) is 3.65. The highest BCUT2D eigenvalue weighted by Gasteiger charge is 1.84. The van der Waals surface area contributed by atoms with Crippen LogP contribution in [0.5, 0.6) is 0 Å². The Bertz CT molecular complexity index is 143. The van der Waals surface area contributed by atoms with E-state index >= 15 is 0 Å². The molecular weight excluding hydrogens is 124 g/mol. The van der Waals surface area contributed by atoms with Crippen LogP contribution in [0.3, 0.4) is 0 Å². The maximum Gasteiger partial charge on any atom is 0.0642 e. The van der Waals surface area contributed by atoms with Crippen LogP contribution in [0.25, 0.3) is 0 Å². The highest BCUT2D eigenvalue weighted by atomic mass is 16.3. The largest absolute Gasteiger partial charge is 0.392 e. The minimum atomic E-state index is 0.162. The zero-order valence-corrected chi connectivity index (χ0v) is 7.02. The van der Waals surface area contributed by atoms with Gasteiger partial charge in [-0.05, 0) is 25.8 Å². The zero-order chi connectivity index (χ0) is 7.98. The monoisotopic (exact) mass is 140 g/mol. The van der Waals surface area contributed by atoms with Crippen LogP contribution in [0.2, 0.25) is 0 Å². The zero-order valence-electron chi connectivity index (χ0n) is 7.02. The van der Waals surface area contributed by atoms with Crippen molar-refractivity contribution in [3.05, 3.63) is 23.3 Å². The average molecular weight is 140 g/mol. The lowest BCUT2D eigenvalue weighted by Crippen LogP contribution is -1.83. The first-order valence-corrected chi connectivity index (χ1v) is 3.65. The summed E-state index contributed by atoms with van der Waals surface area (Å²) in [6, 6.07) is 0. The van der Waals surface area contributed by atoms with Crippen LogP contribution in [-0.4, -0.2) is 11.7 Å². The van der Waals surface area contributed by atoms with E-state index in [1.807, 2.05) is 19.9 Å². The van der Waals surface area contributed by atoms with Gasteiger partial charge in [0.1, 0.15) is 0 Å². The molecule has 10 heavy (non-hydrogen) atoms. The van der Waals surface area contributed by atoms with Crippen molar-refractivity contribution < 1.29 is 5.11 Å². The maximum atomic E-state index is 8.66. The standard InChI is InChI=1S/C9H16O/c1-4-5-8(2)6-9(3)7-10/h5-6,10H,4,7H2,1-3H3/b8-5+,9-6+. The second kappa shape index (κ2) is 5.24. The Kier molecular flexibility index (Phi) is 4.95. The summed E-state index contributed by atoms with van der Waals surface area (Å²) in [7, 11) is 0. The molecule has 0 fully saturated rings. The van der Waals surface area contributed by atoms with Gasteiger partial charge in [-0.15, -0.1) is 0 Å². The van der Waals surface area contributed by atoms with Crippen molar-refractivity contribution in [3.8, 4) is 0 Å². The Hall–Kier alpha value is -0.560. The van der Waals surface area contributed by atoms with Gasteiger partial charge in [0.2, 0.25) is 0 Å². The molecule has 0 radical (unpaired) electrons. The Labute approximate surface area is 63.1 Å². The third kappa shape index (κ3) is 4.33. The maximum absolute atomic E-state index is 8.66. The van der Waals surface area contributed by atoms with Crippen molar-refractivity contribution in [1.82, 2.24) is 0 Å². The van der Waals surface area contributed by atoms with Crippen molar-refractivity contribution >= 4 is 0 Å². The second-order valence-electron chi connectivity index (χ2n) is 2.51. The lowest BCUT2D eigenvalue weighted by Gasteiger charge is -1.94. The number of aliphatic hydroxyl groups is 1. The van der Waals surface area contributed by atoms with Crippen LogP contribution in [0.1, 0.15) is 27.2 Å². The van der Waals surface area contributed by atoms with Crippen LogP contribution in [0, 0.1) is 0 Å². The van der Waals surface area contributed by atoms with E-state index in [0.717, 1.165) is 12.0 Å². The average Bonchev–Trinajstić information content (AvgIpc) is 1.88. The van der Waals surface area contributed by atoms with Gasteiger partial charge in [0.15, 0.2) is 0 Å². The molecule has 0 aliphatic heterocycles. The van der Waals surface area contributed by atoms with E-state index in [1.165, 1.54) is 5.57 Å². The molecule has 0 spiro atoms. The van der Waals surface area contributed by atoms with Crippen molar-refractivity contribution in [1.29, 1.82) is 0 Å². The third-order valence-electron chi connectivity index (χ3n) is 1.25. The molecule has 0 unspecified atom stereocenters. The summed E-state index contributed by atoms with van der Waals surface area (Å²) >= 11 is 0. The summed E-state index contributed by atoms with van der Waals surface area (Å²) in [4.78, 5) is 0. The number of rotatable bonds is 3. The molecule has 58 valence electrons. The summed E-state index contributed by atoms with van der Waals surface area (Å²) in [5.74, 6) is 0. The van der Waals surface area contributed by atoms with Gasteiger partial charge < -0.3 is 5.11 Å². The lowest BCUT2D eigenvalue weighted by molar-refractivity contribution is 0.331. The van der Waals surface area contributed by atoms with E-state index in [-0.39, 0.29) is 6.61 Å². The Morgan fingerprint density at radius 1 is 1.40 bits per heavy atom. The molecule has 1 N–H and O–H groups in total. The molecule has 1 nitrogen and oxygen atoms in total. The molecule has 0 saturated carbocycles. The predicted molar refractivity (Wildman–Crippen MR) is 44.9 cm³/mol. The summed E-state index contributed by atoms with van der Waals surface area (Å²) in [5, 5.41) is 8.66. The molecule has 0 amide bonds. The van der Waals surface area contributed by atoms with Gasteiger partial charge in [0.25, 0.3) is 0 Å². The van der Waals surface area contributed by atoms with E-state index in [9.17, 15) is 0 Å². The Morgan fingerprint density at radius 2 is 2.00 bits per heavy atom. The molecule has 0 aromatic rings. The van der Waals surface area contributed by atoms with Gasteiger partial charge in [0, 0.05) is 0 Å². The molecule has 0 bridgehead atoms. The first-order chi connectivity index (χ1) is 4.70. The molecule has 0 heterocycles. The molecule has 1 heteroatoms. The normalized spacial score (nSPS) is 14.0. The van der Waals surface area contributed by atoms with Crippen LogP contribution < -0.4 is 0 Å². The lowest BCUT2D eigenvalue weighted by atomic mass is 10.2. The minimum absolute atomic E-state index is 0.162. The van der Waals surface area contributed by atoms with Gasteiger partial charge in [-0.3, -0.25) is 0 Å². The van der Waals surface area contributed by atoms with Crippen LogP contribution in [0.15, 0.2) is 23.3 Å². The molecule has 0 atom stereocenters. The molecule has 0 aliphatic carbocycles. The summed E-state index contributed by atoms with van der Waals surface area (Å²) in [5.41, 5.74) is 2.25. The molecule has 0 aromatic carbocycles. The molecule has 0 aromatic heterocycles. The predicted octanol–water partition coefficient (Wildman–Crippen LogP) is 2.28. The SMILES string of the molecule is CC/C=C(C)/C=C(\C)CO. The summed E-state index contributed by atoms with van der Waals surface area (Å²) in [6.07, 6.45) is 5.20. The van der Waals surface area contributed by atoms with Gasteiger partial charge >= 0.3 is 0 Å². The van der Waals surface area contributed by atoms with Crippen LogP contribution in [0.4, 0.5) is 0 Å². The van der Waals surface area contributed by atoms with E-state index in [4.69, 9.17) is 5.11 Å². The van der Waals surface area contributed by atoms with E-state index in [0.29, 0.717) is 0 Å². The fourth-order valence-electron chi connectivity index (χ4n) is 0.815. The topological polar surface area (TPSA) is 20.2 Å². The summed E-state index contributed by atoms with van der Waals surface area (Å²) in [6.45, 7) is 6.23. The molecule has 0 rings (SSSR count). The van der Waals surface area contributed by atoms with Crippen molar-refractivity contribution in [2.75, 3.05) is 6.61 Å². The number of allylic oxidation sites excluding steroid dienone is 3. The van der Waals surface area contributed by atoms with Crippen LogP contribution >= 0.6 is 0 Å². The van der Waals surface area contributed by atoms with E-state index in [1.54, 1.807) is 0 Å². The smallest absolute Gasteiger partial charge is 0.0642 e. The van der Waals surface area contributed by atoms with Crippen molar-refractivity contribution in [3.63, 3.8) is 0 Å². The van der Waals surface area contributed by atoms with Crippen molar-refractivity contribution in [2.24, 2.45) is 0 Å². The highest BCUT2D eigenvalue weighted by molar-refractivity contribution is 5.20. The number of hydrogen-bond acceptors (Lipinski definition) is 1. The van der Waals surface area contributed by atoms with E-state index < -0.39 is 0 Å². The van der Waals surface area contributed by atoms with Crippen LogP contribution in [-0.2, 0) is 0 Å². The fraction of sp³-hybridized carbons (Fsp3) is 0.556. The van der Waals surface area contributed by atoms with E-state index in [2.05, 4.69) is 13.0 Å². The first kappa shape index (κ1) is 9.44. The number of hydrogen-bond donors (Lipinski definition) is 1. The van der Waals surface area contributed by atoms with Gasteiger partial charge in [-0.1, -0.05) is 24.6 Å². The quantitative estimate of drug-likeness (QED) is 0.596. The summed E-state index contributed by atoms with van der Waals surface area (Å²) < 4.78 is 0. The highest BCUT2D eigenvalue weighted by Crippen LogP contribution is 2.01. The Balaban J connectivity index is 3.98. The molecular formula is C9H16O.